The Balaban J connectivity index is 2.10. The predicted octanol–water partition coefficient (Wildman–Crippen LogP) is 4.56. The van der Waals surface area contributed by atoms with Gasteiger partial charge in [0.1, 0.15) is 5.82 Å². The number of benzene rings is 2. The molecule has 2 nitrogen and oxygen atoms in total. The van der Waals surface area contributed by atoms with Gasteiger partial charge in [-0.2, -0.15) is 0 Å². The third kappa shape index (κ3) is 3.54. The van der Waals surface area contributed by atoms with Crippen molar-refractivity contribution in [3.05, 3.63) is 58.9 Å². The number of thiocarbonyl (C=S) groups is 1. The second-order valence-electron chi connectivity index (χ2n) is 4.86. The number of anilines is 2. The van der Waals surface area contributed by atoms with E-state index in [0.29, 0.717) is 5.11 Å². The average molecular weight is 288 g/mol. The number of halogens is 1. The lowest BCUT2D eigenvalue weighted by Gasteiger charge is -2.15. The van der Waals surface area contributed by atoms with E-state index in [0.717, 1.165) is 22.5 Å². The number of nitrogens with one attached hydrogen (secondary N) is 2. The first-order valence-electron chi connectivity index (χ1n) is 6.37. The first-order valence-corrected chi connectivity index (χ1v) is 6.78. The van der Waals surface area contributed by atoms with Gasteiger partial charge in [0.05, 0.1) is 0 Å². The Morgan fingerprint density at radius 1 is 0.950 bits per heavy atom. The van der Waals surface area contributed by atoms with Crippen LogP contribution in [0.5, 0.6) is 0 Å². The zero-order valence-corrected chi connectivity index (χ0v) is 12.6. The van der Waals surface area contributed by atoms with Crippen LogP contribution in [-0.4, -0.2) is 5.11 Å². The Kier molecular flexibility index (Phi) is 4.35. The molecule has 0 aromatic heterocycles. The molecule has 0 aliphatic heterocycles. The standard InChI is InChI=1S/C16H17FN2S/c1-10-8-11(2)15(12(3)9-10)19-16(20)18-14-6-4-13(17)5-7-14/h4-9H,1-3H3,(H2,18,19,20). The zero-order valence-electron chi connectivity index (χ0n) is 11.8. The summed E-state index contributed by atoms with van der Waals surface area (Å²) in [7, 11) is 0. The maximum Gasteiger partial charge on any atom is 0.175 e. The van der Waals surface area contributed by atoms with Crippen molar-refractivity contribution in [1.29, 1.82) is 0 Å². The van der Waals surface area contributed by atoms with Gasteiger partial charge in [0.25, 0.3) is 0 Å². The fraction of sp³-hybridized carbons (Fsp3) is 0.188. The van der Waals surface area contributed by atoms with E-state index in [4.69, 9.17) is 12.2 Å². The van der Waals surface area contributed by atoms with E-state index in [2.05, 4.69) is 29.7 Å². The van der Waals surface area contributed by atoms with Gasteiger partial charge in [-0.15, -0.1) is 0 Å². The summed E-state index contributed by atoms with van der Waals surface area (Å²) >= 11 is 5.29. The topological polar surface area (TPSA) is 24.1 Å². The molecule has 2 aromatic rings. The van der Waals surface area contributed by atoms with Gasteiger partial charge in [0.15, 0.2) is 5.11 Å². The summed E-state index contributed by atoms with van der Waals surface area (Å²) in [5.74, 6) is -0.264. The van der Waals surface area contributed by atoms with Gasteiger partial charge < -0.3 is 10.6 Å². The fourth-order valence-electron chi connectivity index (χ4n) is 2.19. The molecule has 0 amide bonds. The molecule has 0 atom stereocenters. The lowest BCUT2D eigenvalue weighted by Crippen LogP contribution is -2.20. The molecule has 0 radical (unpaired) electrons. The first kappa shape index (κ1) is 14.5. The first-order chi connectivity index (χ1) is 9.45. The highest BCUT2D eigenvalue weighted by atomic mass is 32.1. The van der Waals surface area contributed by atoms with Crippen molar-refractivity contribution in [2.75, 3.05) is 10.6 Å². The monoisotopic (exact) mass is 288 g/mol. The smallest absolute Gasteiger partial charge is 0.175 e. The Morgan fingerprint density at radius 2 is 1.50 bits per heavy atom. The molecular formula is C16H17FN2S. The van der Waals surface area contributed by atoms with Gasteiger partial charge in [-0.3, -0.25) is 0 Å². The minimum Gasteiger partial charge on any atom is -0.332 e. The van der Waals surface area contributed by atoms with Gasteiger partial charge in [-0.1, -0.05) is 17.7 Å². The molecule has 0 heterocycles. The molecule has 4 heteroatoms. The second-order valence-corrected chi connectivity index (χ2v) is 5.27. The maximum absolute atomic E-state index is 12.8. The van der Waals surface area contributed by atoms with Crippen LogP contribution >= 0.6 is 12.2 Å². The average Bonchev–Trinajstić information content (AvgIpc) is 2.36. The SMILES string of the molecule is Cc1cc(C)c(NC(=S)Nc2ccc(F)cc2)c(C)c1. The minimum atomic E-state index is -0.264. The summed E-state index contributed by atoms with van der Waals surface area (Å²) in [6.45, 7) is 6.16. The van der Waals surface area contributed by atoms with Crippen LogP contribution in [0.2, 0.25) is 0 Å². The number of rotatable bonds is 2. The van der Waals surface area contributed by atoms with Crippen LogP contribution in [0, 0.1) is 26.6 Å². The van der Waals surface area contributed by atoms with Crippen LogP contribution in [0.4, 0.5) is 15.8 Å². The predicted molar refractivity (Wildman–Crippen MR) is 86.9 cm³/mol. The molecule has 0 bridgehead atoms. The Morgan fingerprint density at radius 3 is 2.05 bits per heavy atom. The lowest BCUT2D eigenvalue weighted by molar-refractivity contribution is 0.628. The maximum atomic E-state index is 12.8. The normalized spacial score (nSPS) is 10.2. The molecule has 104 valence electrons. The highest BCUT2D eigenvalue weighted by Gasteiger charge is 2.06. The van der Waals surface area contributed by atoms with E-state index in [1.165, 1.54) is 17.7 Å². The Hall–Kier alpha value is -1.94. The molecule has 0 spiro atoms. The molecule has 0 unspecified atom stereocenters. The molecular weight excluding hydrogens is 271 g/mol. The van der Waals surface area contributed by atoms with Gasteiger partial charge in [-0.05, 0) is 68.4 Å². The van der Waals surface area contributed by atoms with E-state index in [1.54, 1.807) is 12.1 Å². The van der Waals surface area contributed by atoms with Crippen LogP contribution in [0.3, 0.4) is 0 Å². The summed E-state index contributed by atoms with van der Waals surface area (Å²) < 4.78 is 12.8. The summed E-state index contributed by atoms with van der Waals surface area (Å²) in [4.78, 5) is 0. The number of aryl methyl sites for hydroxylation is 3. The van der Waals surface area contributed by atoms with Crippen molar-refractivity contribution >= 4 is 28.7 Å². The van der Waals surface area contributed by atoms with E-state index in [-0.39, 0.29) is 5.82 Å². The van der Waals surface area contributed by atoms with Crippen LogP contribution in [0.1, 0.15) is 16.7 Å². The summed E-state index contributed by atoms with van der Waals surface area (Å²) in [6, 6.07) is 10.3. The Bertz CT molecular complexity index is 612. The third-order valence-corrected chi connectivity index (χ3v) is 3.22. The van der Waals surface area contributed by atoms with Gasteiger partial charge in [0.2, 0.25) is 0 Å². The molecule has 0 saturated heterocycles. The molecule has 2 rings (SSSR count). The molecule has 0 fully saturated rings. The molecule has 0 aliphatic carbocycles. The van der Waals surface area contributed by atoms with Crippen molar-refractivity contribution in [2.24, 2.45) is 0 Å². The summed E-state index contributed by atoms with van der Waals surface area (Å²) in [5, 5.41) is 6.73. The van der Waals surface area contributed by atoms with E-state index in [1.807, 2.05) is 13.8 Å². The van der Waals surface area contributed by atoms with E-state index < -0.39 is 0 Å². The van der Waals surface area contributed by atoms with Gasteiger partial charge in [-0.25, -0.2) is 4.39 Å². The van der Waals surface area contributed by atoms with Crippen molar-refractivity contribution in [3.63, 3.8) is 0 Å². The molecule has 0 saturated carbocycles. The van der Waals surface area contributed by atoms with E-state index in [9.17, 15) is 4.39 Å². The van der Waals surface area contributed by atoms with Crippen molar-refractivity contribution in [3.8, 4) is 0 Å². The fourth-order valence-corrected chi connectivity index (χ4v) is 2.41. The third-order valence-electron chi connectivity index (χ3n) is 3.02. The highest BCUT2D eigenvalue weighted by molar-refractivity contribution is 7.80. The molecule has 0 aliphatic rings. The summed E-state index contributed by atoms with van der Waals surface area (Å²) in [5.41, 5.74) is 5.28. The number of hydrogen-bond acceptors (Lipinski definition) is 1. The van der Waals surface area contributed by atoms with E-state index >= 15 is 0 Å². The van der Waals surface area contributed by atoms with Crippen molar-refractivity contribution in [2.45, 2.75) is 20.8 Å². The molecule has 2 aromatic carbocycles. The quantitative estimate of drug-likeness (QED) is 0.792. The molecule has 2 N–H and O–H groups in total. The Labute approximate surface area is 124 Å². The molecule has 20 heavy (non-hydrogen) atoms. The van der Waals surface area contributed by atoms with Gasteiger partial charge >= 0.3 is 0 Å². The van der Waals surface area contributed by atoms with Gasteiger partial charge in [0, 0.05) is 11.4 Å². The zero-order chi connectivity index (χ0) is 14.7. The lowest BCUT2D eigenvalue weighted by atomic mass is 10.1. The number of hydrogen-bond donors (Lipinski definition) is 2. The van der Waals surface area contributed by atoms with Crippen LogP contribution < -0.4 is 10.6 Å². The van der Waals surface area contributed by atoms with Crippen molar-refractivity contribution < 1.29 is 4.39 Å². The van der Waals surface area contributed by atoms with Crippen LogP contribution in [0.15, 0.2) is 36.4 Å². The van der Waals surface area contributed by atoms with Crippen LogP contribution in [-0.2, 0) is 0 Å². The van der Waals surface area contributed by atoms with Crippen LogP contribution in [0.25, 0.3) is 0 Å². The largest absolute Gasteiger partial charge is 0.332 e. The highest BCUT2D eigenvalue weighted by Crippen LogP contribution is 2.22. The second kappa shape index (κ2) is 6.01. The minimum absolute atomic E-state index is 0.264. The van der Waals surface area contributed by atoms with Crippen molar-refractivity contribution in [1.82, 2.24) is 0 Å². The summed E-state index contributed by atoms with van der Waals surface area (Å²) in [6.07, 6.45) is 0.